The Morgan fingerprint density at radius 1 is 1.28 bits per heavy atom. The molecule has 1 amide bonds. The largest absolute Gasteiger partial charge is 0.506 e. The molecule has 3 N–H and O–H groups in total. The van der Waals surface area contributed by atoms with Gasteiger partial charge in [-0.3, -0.25) is 4.79 Å². The lowest BCUT2D eigenvalue weighted by atomic mass is 10.1. The minimum absolute atomic E-state index is 0.156. The van der Waals surface area contributed by atoms with Crippen molar-refractivity contribution < 1.29 is 14.6 Å². The fraction of sp³-hybridized carbons (Fsp3) is 0.0870. The molecule has 0 unspecified atom stereocenters. The van der Waals surface area contributed by atoms with Gasteiger partial charge < -0.3 is 25.0 Å². The second-order valence-corrected chi connectivity index (χ2v) is 7.36. The molecule has 2 aromatic carbocycles. The molecule has 32 heavy (non-hydrogen) atoms. The zero-order valence-electron chi connectivity index (χ0n) is 17.4. The van der Waals surface area contributed by atoms with Gasteiger partial charge in [-0.2, -0.15) is 0 Å². The minimum Gasteiger partial charge on any atom is -0.506 e. The van der Waals surface area contributed by atoms with Crippen molar-refractivity contribution in [2.75, 3.05) is 17.7 Å². The van der Waals surface area contributed by atoms with Crippen molar-refractivity contribution in [1.82, 2.24) is 14.5 Å². The van der Waals surface area contributed by atoms with Crippen molar-refractivity contribution in [2.45, 2.75) is 0 Å². The van der Waals surface area contributed by atoms with Crippen molar-refractivity contribution in [3.63, 3.8) is 0 Å². The van der Waals surface area contributed by atoms with Crippen LogP contribution in [0.4, 0.5) is 17.3 Å². The van der Waals surface area contributed by atoms with Crippen LogP contribution in [-0.4, -0.2) is 32.7 Å². The van der Waals surface area contributed by atoms with Crippen molar-refractivity contribution in [2.24, 2.45) is 7.05 Å². The molecule has 2 aromatic heterocycles. The Bertz CT molecular complexity index is 1350. The first-order valence-corrected chi connectivity index (χ1v) is 9.97. The average molecular weight is 450 g/mol. The maximum Gasteiger partial charge on any atom is 0.247 e. The zero-order valence-corrected chi connectivity index (χ0v) is 18.1. The number of halogens is 1. The lowest BCUT2D eigenvalue weighted by Gasteiger charge is -2.14. The summed E-state index contributed by atoms with van der Waals surface area (Å²) < 4.78 is 7.35. The number of nitrogens with one attached hydrogen (secondary N) is 2. The second-order valence-electron chi connectivity index (χ2n) is 6.95. The van der Waals surface area contributed by atoms with Crippen LogP contribution in [-0.2, 0) is 11.8 Å². The Hall–Kier alpha value is -4.04. The van der Waals surface area contributed by atoms with E-state index in [1.165, 1.54) is 25.4 Å². The first-order chi connectivity index (χ1) is 15.4. The number of amides is 1. The van der Waals surface area contributed by atoms with Gasteiger partial charge in [-0.1, -0.05) is 36.4 Å². The monoisotopic (exact) mass is 449 g/mol. The number of aryl methyl sites for hydroxylation is 1. The van der Waals surface area contributed by atoms with Crippen LogP contribution in [0.2, 0.25) is 5.02 Å². The minimum atomic E-state index is -0.461. The van der Waals surface area contributed by atoms with Gasteiger partial charge in [-0.05, 0) is 18.2 Å². The predicted molar refractivity (Wildman–Crippen MR) is 126 cm³/mol. The molecule has 0 saturated carbocycles. The summed E-state index contributed by atoms with van der Waals surface area (Å²) >= 11 is 6.44. The maximum atomic E-state index is 11.7. The number of hydrogen-bond acceptors (Lipinski definition) is 6. The number of hydrogen-bond donors (Lipinski definition) is 3. The Balaban J connectivity index is 1.75. The second kappa shape index (κ2) is 8.60. The number of para-hydroxylation sites is 1. The van der Waals surface area contributed by atoms with Gasteiger partial charge >= 0.3 is 0 Å². The van der Waals surface area contributed by atoms with E-state index < -0.39 is 5.91 Å². The van der Waals surface area contributed by atoms with Crippen molar-refractivity contribution in [1.29, 1.82) is 0 Å². The third-order valence-corrected chi connectivity index (χ3v) is 5.18. The summed E-state index contributed by atoms with van der Waals surface area (Å²) in [4.78, 5) is 20.6. The fourth-order valence-corrected chi connectivity index (χ4v) is 3.58. The highest BCUT2D eigenvalue weighted by Crippen LogP contribution is 2.38. The third-order valence-electron chi connectivity index (χ3n) is 4.90. The number of aromatic nitrogens is 3. The molecule has 0 aliphatic carbocycles. The molecule has 0 spiro atoms. The maximum absolute atomic E-state index is 11.7. The van der Waals surface area contributed by atoms with Crippen molar-refractivity contribution in [3.8, 4) is 22.8 Å². The van der Waals surface area contributed by atoms with Crippen LogP contribution in [0.1, 0.15) is 0 Å². The van der Waals surface area contributed by atoms with Crippen LogP contribution >= 0.6 is 11.6 Å². The number of carbonyl (C=O) groups excluding carboxylic acids is 1. The highest BCUT2D eigenvalue weighted by atomic mass is 35.5. The lowest BCUT2D eigenvalue weighted by molar-refractivity contribution is -0.111. The van der Waals surface area contributed by atoms with E-state index in [1.807, 2.05) is 42.1 Å². The van der Waals surface area contributed by atoms with E-state index in [1.54, 1.807) is 0 Å². The Kier molecular flexibility index (Phi) is 5.70. The molecule has 0 aliphatic heterocycles. The van der Waals surface area contributed by atoms with Gasteiger partial charge in [-0.25, -0.2) is 9.97 Å². The van der Waals surface area contributed by atoms with Gasteiger partial charge in [0.2, 0.25) is 11.9 Å². The molecule has 2 heterocycles. The van der Waals surface area contributed by atoms with Gasteiger partial charge in [0.1, 0.15) is 11.5 Å². The number of phenols is 1. The van der Waals surface area contributed by atoms with E-state index in [-0.39, 0.29) is 17.4 Å². The summed E-state index contributed by atoms with van der Waals surface area (Å²) in [6, 6.07) is 10.9. The first kappa shape index (κ1) is 21.2. The number of carbonyl (C=O) groups is 1. The van der Waals surface area contributed by atoms with Crippen molar-refractivity contribution in [3.05, 3.63) is 66.5 Å². The van der Waals surface area contributed by atoms with E-state index in [4.69, 9.17) is 16.3 Å². The number of nitrogens with zero attached hydrogens (tertiary/aromatic N) is 3. The molecule has 0 fully saturated rings. The number of benzene rings is 2. The van der Waals surface area contributed by atoms with Gasteiger partial charge in [0.05, 0.1) is 35.4 Å². The molecule has 0 radical (unpaired) electrons. The molecular weight excluding hydrogens is 430 g/mol. The van der Waals surface area contributed by atoms with Crippen LogP contribution in [0.15, 0.2) is 61.4 Å². The van der Waals surface area contributed by atoms with Crippen LogP contribution in [0.3, 0.4) is 0 Å². The van der Waals surface area contributed by atoms with Gasteiger partial charge in [0, 0.05) is 35.8 Å². The predicted octanol–water partition coefficient (Wildman–Crippen LogP) is 4.87. The van der Waals surface area contributed by atoms with Crippen LogP contribution < -0.4 is 15.4 Å². The lowest BCUT2D eigenvalue weighted by Crippen LogP contribution is -2.08. The molecule has 4 aromatic rings. The van der Waals surface area contributed by atoms with E-state index in [2.05, 4.69) is 27.2 Å². The van der Waals surface area contributed by atoms with E-state index in [9.17, 15) is 9.90 Å². The standard InChI is InChI=1S/C23H20ClN5O3/c1-4-21(31)26-16-9-17(20(32-3)10-19(16)30)27-23-25-11-15(24)22(28-23)14-12-29(2)18-8-6-5-7-13(14)18/h4-12,30H,1H2,2-3H3,(H,26,31)(H,25,27,28). The van der Waals surface area contributed by atoms with Gasteiger partial charge in [-0.15, -0.1) is 0 Å². The summed E-state index contributed by atoms with van der Waals surface area (Å²) in [5, 5.41) is 17.2. The molecule has 0 aliphatic rings. The zero-order chi connectivity index (χ0) is 22.8. The van der Waals surface area contributed by atoms with Crippen LogP contribution in [0.5, 0.6) is 11.5 Å². The number of anilines is 3. The number of methoxy groups -OCH3 is 1. The van der Waals surface area contributed by atoms with E-state index in [0.29, 0.717) is 22.2 Å². The molecular formula is C23H20ClN5O3. The summed E-state index contributed by atoms with van der Waals surface area (Å²) in [5.74, 6) is -0.0137. The van der Waals surface area contributed by atoms with E-state index >= 15 is 0 Å². The Labute approximate surface area is 189 Å². The highest BCUT2D eigenvalue weighted by Gasteiger charge is 2.16. The number of phenolic OH excluding ortho intramolecular Hbond substituents is 1. The highest BCUT2D eigenvalue weighted by molar-refractivity contribution is 6.33. The average Bonchev–Trinajstić information content (AvgIpc) is 3.13. The summed E-state index contributed by atoms with van der Waals surface area (Å²) in [5.41, 5.74) is 3.11. The Morgan fingerprint density at radius 2 is 2.06 bits per heavy atom. The van der Waals surface area contributed by atoms with Gasteiger partial charge in [0.25, 0.3) is 0 Å². The molecule has 0 saturated heterocycles. The quantitative estimate of drug-likeness (QED) is 0.220. The number of aromatic hydroxyl groups is 1. The fourth-order valence-electron chi connectivity index (χ4n) is 3.39. The SMILES string of the molecule is C=CC(=O)Nc1cc(Nc2ncc(Cl)c(-c3cn(C)c4ccccc34)n2)c(OC)cc1O. The number of fused-ring (bicyclic) bond motifs is 1. The molecule has 0 bridgehead atoms. The molecule has 4 rings (SSSR count). The molecule has 162 valence electrons. The van der Waals surface area contributed by atoms with Crippen molar-refractivity contribution >= 4 is 45.7 Å². The molecule has 0 atom stereocenters. The van der Waals surface area contributed by atoms with Crippen LogP contribution in [0, 0.1) is 0 Å². The summed E-state index contributed by atoms with van der Waals surface area (Å²) in [6.07, 6.45) is 4.59. The summed E-state index contributed by atoms with van der Waals surface area (Å²) in [7, 11) is 3.42. The smallest absolute Gasteiger partial charge is 0.247 e. The third kappa shape index (κ3) is 3.95. The topological polar surface area (TPSA) is 101 Å². The number of ether oxygens (including phenoxy) is 1. The van der Waals surface area contributed by atoms with Crippen LogP contribution in [0.25, 0.3) is 22.2 Å². The molecule has 9 heteroatoms. The summed E-state index contributed by atoms with van der Waals surface area (Å²) in [6.45, 7) is 3.41. The molecule has 8 nitrogen and oxygen atoms in total. The first-order valence-electron chi connectivity index (χ1n) is 9.59. The van der Waals surface area contributed by atoms with E-state index in [0.717, 1.165) is 22.5 Å². The van der Waals surface area contributed by atoms with Gasteiger partial charge in [0.15, 0.2) is 0 Å². The Morgan fingerprint density at radius 3 is 2.81 bits per heavy atom. The number of rotatable bonds is 6. The normalized spacial score (nSPS) is 10.7.